The van der Waals surface area contributed by atoms with E-state index in [1.54, 1.807) is 36.4 Å². The molecule has 0 aliphatic carbocycles. The number of pyridine rings is 1. The lowest BCUT2D eigenvalue weighted by atomic mass is 9.99. The number of ether oxygens (including phenoxy) is 1. The third-order valence-corrected chi connectivity index (χ3v) is 3.67. The summed E-state index contributed by atoms with van der Waals surface area (Å²) in [5.74, 6) is -0.860. The first-order valence-electron chi connectivity index (χ1n) is 6.53. The maximum atomic E-state index is 14.1. The molecule has 0 saturated heterocycles. The molecule has 0 amide bonds. The Morgan fingerprint density at radius 1 is 1.23 bits per heavy atom. The molecule has 3 nitrogen and oxygen atoms in total. The first-order chi connectivity index (χ1) is 10.6. The van der Waals surface area contributed by atoms with Crippen molar-refractivity contribution in [3.8, 4) is 11.1 Å². The Balaban J connectivity index is 2.35. The second kappa shape index (κ2) is 5.73. The Labute approximate surface area is 131 Å². The van der Waals surface area contributed by atoms with Crippen LogP contribution in [0.3, 0.4) is 0 Å². The summed E-state index contributed by atoms with van der Waals surface area (Å²) >= 11 is 6.23. The summed E-state index contributed by atoms with van der Waals surface area (Å²) in [6, 6.07) is 11.2. The molecule has 0 spiro atoms. The van der Waals surface area contributed by atoms with Crippen molar-refractivity contribution < 1.29 is 13.9 Å². The van der Waals surface area contributed by atoms with Crippen LogP contribution in [0.25, 0.3) is 22.0 Å². The van der Waals surface area contributed by atoms with Gasteiger partial charge in [-0.3, -0.25) is 4.98 Å². The molecule has 110 valence electrons. The van der Waals surface area contributed by atoms with Gasteiger partial charge in [0.25, 0.3) is 0 Å². The van der Waals surface area contributed by atoms with Crippen LogP contribution < -0.4 is 0 Å². The highest BCUT2D eigenvalue weighted by molar-refractivity contribution is 6.34. The average molecular weight is 316 g/mol. The van der Waals surface area contributed by atoms with E-state index in [1.807, 2.05) is 0 Å². The molecule has 0 aliphatic rings. The summed E-state index contributed by atoms with van der Waals surface area (Å²) in [5.41, 5.74) is 1.85. The van der Waals surface area contributed by atoms with Crippen molar-refractivity contribution in [2.45, 2.75) is 0 Å². The number of fused-ring (bicyclic) bond motifs is 1. The number of aromatic nitrogens is 1. The number of carbonyl (C=O) groups is 1. The molecule has 2 aromatic carbocycles. The molecule has 3 aromatic rings. The Morgan fingerprint density at radius 2 is 2.00 bits per heavy atom. The molecular formula is C17H11ClFNO2. The van der Waals surface area contributed by atoms with Gasteiger partial charge in [-0.25, -0.2) is 9.18 Å². The minimum absolute atomic E-state index is 0.319. The normalized spacial score (nSPS) is 10.7. The Kier molecular flexibility index (Phi) is 3.77. The fourth-order valence-corrected chi connectivity index (χ4v) is 2.60. The van der Waals surface area contributed by atoms with Crippen LogP contribution in [0.4, 0.5) is 4.39 Å². The van der Waals surface area contributed by atoms with Crippen LogP contribution in [0.5, 0.6) is 0 Å². The van der Waals surface area contributed by atoms with E-state index >= 15 is 0 Å². The molecule has 0 saturated carbocycles. The van der Waals surface area contributed by atoms with Crippen LogP contribution in [0.2, 0.25) is 5.02 Å². The lowest BCUT2D eigenvalue weighted by Crippen LogP contribution is -2.01. The van der Waals surface area contributed by atoms with Gasteiger partial charge in [0.1, 0.15) is 5.82 Å². The fraction of sp³-hybridized carbons (Fsp3) is 0.0588. The number of hydrogen-bond acceptors (Lipinski definition) is 3. The third-order valence-electron chi connectivity index (χ3n) is 3.39. The number of methoxy groups -OCH3 is 1. The number of benzene rings is 2. The number of esters is 1. The number of hydrogen-bond donors (Lipinski definition) is 0. The van der Waals surface area contributed by atoms with Gasteiger partial charge in [0.15, 0.2) is 0 Å². The lowest BCUT2D eigenvalue weighted by molar-refractivity contribution is 0.0601. The monoisotopic (exact) mass is 315 g/mol. The van der Waals surface area contributed by atoms with Crippen LogP contribution in [0, 0.1) is 5.82 Å². The number of rotatable bonds is 2. The van der Waals surface area contributed by atoms with Gasteiger partial charge in [-0.05, 0) is 24.3 Å². The third kappa shape index (κ3) is 2.42. The van der Waals surface area contributed by atoms with E-state index in [4.69, 9.17) is 16.3 Å². The maximum absolute atomic E-state index is 14.1. The van der Waals surface area contributed by atoms with Crippen molar-refractivity contribution in [2.75, 3.05) is 7.11 Å². The molecule has 0 radical (unpaired) electrons. The largest absolute Gasteiger partial charge is 0.465 e. The van der Waals surface area contributed by atoms with Gasteiger partial charge in [-0.2, -0.15) is 0 Å². The van der Waals surface area contributed by atoms with E-state index in [9.17, 15) is 9.18 Å². The minimum Gasteiger partial charge on any atom is -0.465 e. The zero-order chi connectivity index (χ0) is 15.7. The summed E-state index contributed by atoms with van der Waals surface area (Å²) < 4.78 is 18.9. The fourth-order valence-electron chi connectivity index (χ4n) is 2.35. The van der Waals surface area contributed by atoms with E-state index in [2.05, 4.69) is 4.98 Å². The molecule has 0 aliphatic heterocycles. The second-order valence-corrected chi connectivity index (χ2v) is 5.09. The summed E-state index contributed by atoms with van der Waals surface area (Å²) in [4.78, 5) is 15.9. The maximum Gasteiger partial charge on any atom is 0.337 e. The number of halogens is 2. The van der Waals surface area contributed by atoms with E-state index in [0.29, 0.717) is 32.6 Å². The molecule has 5 heteroatoms. The van der Waals surface area contributed by atoms with Gasteiger partial charge >= 0.3 is 5.97 Å². The highest BCUT2D eigenvalue weighted by Gasteiger charge is 2.15. The van der Waals surface area contributed by atoms with Gasteiger partial charge in [0.2, 0.25) is 0 Å². The molecular weight excluding hydrogens is 305 g/mol. The second-order valence-electron chi connectivity index (χ2n) is 4.68. The molecule has 0 N–H and O–H groups in total. The minimum atomic E-state index is -0.471. The zero-order valence-corrected chi connectivity index (χ0v) is 12.4. The van der Waals surface area contributed by atoms with Gasteiger partial charge < -0.3 is 4.74 Å². The van der Waals surface area contributed by atoms with Gasteiger partial charge in [-0.15, -0.1) is 0 Å². The summed E-state index contributed by atoms with van der Waals surface area (Å²) in [5, 5.41) is 0.917. The summed E-state index contributed by atoms with van der Waals surface area (Å²) in [7, 11) is 1.31. The molecule has 3 rings (SSSR count). The lowest BCUT2D eigenvalue weighted by Gasteiger charge is -2.10. The van der Waals surface area contributed by atoms with Crippen LogP contribution in [0.1, 0.15) is 10.4 Å². The van der Waals surface area contributed by atoms with Crippen molar-refractivity contribution in [2.24, 2.45) is 0 Å². The van der Waals surface area contributed by atoms with Crippen LogP contribution >= 0.6 is 11.6 Å². The van der Waals surface area contributed by atoms with Crippen molar-refractivity contribution >= 4 is 28.5 Å². The van der Waals surface area contributed by atoms with E-state index in [-0.39, 0.29) is 5.82 Å². The first-order valence-corrected chi connectivity index (χ1v) is 6.91. The molecule has 0 unspecified atom stereocenters. The van der Waals surface area contributed by atoms with E-state index in [0.717, 1.165) is 0 Å². The average Bonchev–Trinajstić information content (AvgIpc) is 2.54. The van der Waals surface area contributed by atoms with E-state index in [1.165, 1.54) is 19.4 Å². The van der Waals surface area contributed by atoms with E-state index < -0.39 is 5.97 Å². The smallest absolute Gasteiger partial charge is 0.337 e. The van der Waals surface area contributed by atoms with Crippen molar-refractivity contribution in [3.05, 3.63) is 65.1 Å². The Hall–Kier alpha value is -2.46. The standard InChI is InChI=1S/C17H11ClFNO2/c1-22-17(21)10-6-7-15-12(8-10)16(13(18)9-20-15)11-4-2-3-5-14(11)19/h2-9H,1H3. The zero-order valence-electron chi connectivity index (χ0n) is 11.6. The predicted octanol–water partition coefficient (Wildman–Crippen LogP) is 4.48. The molecule has 1 aromatic heterocycles. The highest BCUT2D eigenvalue weighted by atomic mass is 35.5. The van der Waals surface area contributed by atoms with Crippen LogP contribution in [0.15, 0.2) is 48.7 Å². The molecule has 0 bridgehead atoms. The molecule has 22 heavy (non-hydrogen) atoms. The first kappa shape index (κ1) is 14.5. The Bertz CT molecular complexity index is 880. The number of carbonyl (C=O) groups excluding carboxylic acids is 1. The molecule has 0 fully saturated rings. The van der Waals surface area contributed by atoms with Gasteiger partial charge in [0, 0.05) is 22.7 Å². The topological polar surface area (TPSA) is 39.2 Å². The highest BCUT2D eigenvalue weighted by Crippen LogP contribution is 2.35. The molecule has 0 atom stereocenters. The van der Waals surface area contributed by atoms with Crippen molar-refractivity contribution in [1.82, 2.24) is 4.98 Å². The quantitative estimate of drug-likeness (QED) is 0.654. The SMILES string of the molecule is COC(=O)c1ccc2ncc(Cl)c(-c3ccccc3F)c2c1. The van der Waals surface area contributed by atoms with Crippen molar-refractivity contribution in [1.29, 1.82) is 0 Å². The predicted molar refractivity (Wildman–Crippen MR) is 83.5 cm³/mol. The number of nitrogens with zero attached hydrogens (tertiary/aromatic N) is 1. The van der Waals surface area contributed by atoms with Crippen LogP contribution in [-0.4, -0.2) is 18.1 Å². The van der Waals surface area contributed by atoms with Gasteiger partial charge in [0.05, 0.1) is 23.2 Å². The Morgan fingerprint density at radius 3 is 2.73 bits per heavy atom. The van der Waals surface area contributed by atoms with Crippen LogP contribution in [-0.2, 0) is 4.74 Å². The summed E-state index contributed by atoms with van der Waals surface area (Å²) in [6.07, 6.45) is 1.48. The van der Waals surface area contributed by atoms with Crippen molar-refractivity contribution in [3.63, 3.8) is 0 Å². The van der Waals surface area contributed by atoms with Gasteiger partial charge in [-0.1, -0.05) is 29.8 Å². The molecule has 1 heterocycles. The summed E-state index contributed by atoms with van der Waals surface area (Å²) in [6.45, 7) is 0.